The minimum Gasteiger partial charge on any atom is -0.346 e. The molecule has 0 aromatic heterocycles. The number of rotatable bonds is 4. The van der Waals surface area contributed by atoms with E-state index in [-0.39, 0.29) is 30.4 Å². The van der Waals surface area contributed by atoms with Crippen molar-refractivity contribution < 1.29 is 9.59 Å². The number of nitrogens with one attached hydrogen (secondary N) is 3. The second-order valence-corrected chi connectivity index (χ2v) is 6.67. The predicted octanol–water partition coefficient (Wildman–Crippen LogP) is 0.681. The van der Waals surface area contributed by atoms with E-state index in [1.54, 1.807) is 0 Å². The van der Waals surface area contributed by atoms with E-state index in [4.69, 9.17) is 11.6 Å². The first-order valence-electron chi connectivity index (χ1n) is 8.42. The molecule has 3 N–H and O–H groups in total. The highest BCUT2D eigenvalue weighted by Gasteiger charge is 2.29. The fourth-order valence-corrected chi connectivity index (χ4v) is 3.51. The molecule has 0 radical (unpaired) electrons. The normalized spacial score (nSPS) is 24.0. The first-order chi connectivity index (χ1) is 11.6. The van der Waals surface area contributed by atoms with Gasteiger partial charge in [0.1, 0.15) is 0 Å². The van der Waals surface area contributed by atoms with Gasteiger partial charge >= 0.3 is 0 Å². The van der Waals surface area contributed by atoms with E-state index in [2.05, 4.69) is 16.0 Å². The summed E-state index contributed by atoms with van der Waals surface area (Å²) >= 11 is 6.08. The van der Waals surface area contributed by atoms with Crippen LogP contribution in [0.3, 0.4) is 0 Å². The largest absolute Gasteiger partial charge is 0.346 e. The predicted molar refractivity (Wildman–Crippen MR) is 92.8 cm³/mol. The number of halogens is 1. The van der Waals surface area contributed by atoms with Gasteiger partial charge in [0.2, 0.25) is 11.8 Å². The molecule has 0 bridgehead atoms. The molecule has 2 amide bonds. The van der Waals surface area contributed by atoms with Crippen molar-refractivity contribution in [3.05, 3.63) is 34.9 Å². The molecule has 2 unspecified atom stereocenters. The van der Waals surface area contributed by atoms with Gasteiger partial charge in [-0.05, 0) is 37.1 Å². The van der Waals surface area contributed by atoms with Gasteiger partial charge in [-0.1, -0.05) is 23.7 Å². The monoisotopic (exact) mass is 350 g/mol. The van der Waals surface area contributed by atoms with Crippen molar-refractivity contribution >= 4 is 23.4 Å². The summed E-state index contributed by atoms with van der Waals surface area (Å²) in [4.78, 5) is 26.5. The van der Waals surface area contributed by atoms with Gasteiger partial charge in [-0.2, -0.15) is 0 Å². The summed E-state index contributed by atoms with van der Waals surface area (Å²) < 4.78 is 0. The second kappa shape index (κ2) is 7.96. The van der Waals surface area contributed by atoms with Crippen LogP contribution >= 0.6 is 11.6 Å². The fraction of sp³-hybridized carbons (Fsp3) is 0.529. The average molecular weight is 351 g/mol. The molecule has 0 spiro atoms. The Labute approximate surface area is 146 Å². The first kappa shape index (κ1) is 17.2. The summed E-state index contributed by atoms with van der Waals surface area (Å²) in [5.41, 5.74) is 1.01. The van der Waals surface area contributed by atoms with Crippen LogP contribution in [0.15, 0.2) is 24.3 Å². The molecule has 7 heteroatoms. The van der Waals surface area contributed by atoms with Crippen LogP contribution < -0.4 is 16.0 Å². The summed E-state index contributed by atoms with van der Waals surface area (Å²) in [6, 6.07) is 7.35. The van der Waals surface area contributed by atoms with Crippen molar-refractivity contribution in [3.8, 4) is 0 Å². The van der Waals surface area contributed by atoms with Crippen LogP contribution in [-0.4, -0.2) is 55.5 Å². The molecule has 2 aliphatic rings. The van der Waals surface area contributed by atoms with E-state index < -0.39 is 0 Å². The molecule has 3 rings (SSSR count). The molecule has 2 aliphatic heterocycles. The maximum Gasteiger partial charge on any atom is 0.242 e. The summed E-state index contributed by atoms with van der Waals surface area (Å²) in [5, 5.41) is 9.88. The molecule has 0 aliphatic carbocycles. The first-order valence-corrected chi connectivity index (χ1v) is 8.79. The van der Waals surface area contributed by atoms with E-state index in [1.807, 2.05) is 29.2 Å². The topological polar surface area (TPSA) is 73.5 Å². The third-order valence-electron chi connectivity index (χ3n) is 4.59. The van der Waals surface area contributed by atoms with E-state index in [0.29, 0.717) is 18.1 Å². The Morgan fingerprint density at radius 1 is 1.33 bits per heavy atom. The van der Waals surface area contributed by atoms with Crippen LogP contribution in [0.4, 0.5) is 0 Å². The van der Waals surface area contributed by atoms with Crippen LogP contribution in [0.2, 0.25) is 5.02 Å². The standard InChI is InChI=1S/C17H23ClN4O2/c18-13-4-1-3-12(9-13)15-10-19-7-8-22(15)16(23)11-21-17(24)14-5-2-6-20-14/h1,3-4,9,14-15,19-20H,2,5-8,10-11H2,(H,21,24). The van der Waals surface area contributed by atoms with Crippen molar-refractivity contribution in [3.63, 3.8) is 0 Å². The van der Waals surface area contributed by atoms with E-state index in [1.165, 1.54) is 0 Å². The van der Waals surface area contributed by atoms with Gasteiger partial charge in [0.05, 0.1) is 18.6 Å². The van der Waals surface area contributed by atoms with Gasteiger partial charge in [0, 0.05) is 24.7 Å². The minimum absolute atomic E-state index is 0.0358. The lowest BCUT2D eigenvalue weighted by Gasteiger charge is -2.36. The lowest BCUT2D eigenvalue weighted by molar-refractivity contribution is -0.136. The fourth-order valence-electron chi connectivity index (χ4n) is 3.31. The number of amides is 2. The van der Waals surface area contributed by atoms with Crippen LogP contribution in [0.5, 0.6) is 0 Å². The molecular weight excluding hydrogens is 328 g/mol. The number of piperazine rings is 1. The molecule has 6 nitrogen and oxygen atoms in total. The zero-order valence-corrected chi connectivity index (χ0v) is 14.3. The Bertz CT molecular complexity index is 604. The van der Waals surface area contributed by atoms with E-state index >= 15 is 0 Å². The minimum atomic E-state index is -0.162. The van der Waals surface area contributed by atoms with Crippen molar-refractivity contribution in [2.45, 2.75) is 24.9 Å². The Kier molecular flexibility index (Phi) is 5.71. The molecule has 1 aromatic rings. The smallest absolute Gasteiger partial charge is 0.242 e. The van der Waals surface area contributed by atoms with Crippen molar-refractivity contribution in [1.82, 2.24) is 20.9 Å². The highest BCUT2D eigenvalue weighted by Crippen LogP contribution is 2.24. The number of hydrogen-bond acceptors (Lipinski definition) is 4. The molecule has 0 saturated carbocycles. The molecule has 2 saturated heterocycles. The quantitative estimate of drug-likeness (QED) is 0.746. The molecule has 1 aromatic carbocycles. The van der Waals surface area contributed by atoms with Crippen LogP contribution in [-0.2, 0) is 9.59 Å². The second-order valence-electron chi connectivity index (χ2n) is 6.23. The highest BCUT2D eigenvalue weighted by molar-refractivity contribution is 6.30. The zero-order valence-electron chi connectivity index (χ0n) is 13.6. The van der Waals surface area contributed by atoms with Gasteiger partial charge in [-0.25, -0.2) is 0 Å². The maximum atomic E-state index is 12.6. The van der Waals surface area contributed by atoms with E-state index in [0.717, 1.165) is 31.5 Å². The Balaban J connectivity index is 1.62. The van der Waals surface area contributed by atoms with Gasteiger partial charge < -0.3 is 20.9 Å². The third-order valence-corrected chi connectivity index (χ3v) is 4.82. The number of carbonyl (C=O) groups excluding carboxylic acids is 2. The highest BCUT2D eigenvalue weighted by atomic mass is 35.5. The zero-order chi connectivity index (χ0) is 16.9. The average Bonchev–Trinajstić information content (AvgIpc) is 3.14. The summed E-state index contributed by atoms with van der Waals surface area (Å²) in [5.74, 6) is -0.150. The maximum absolute atomic E-state index is 12.6. The Morgan fingerprint density at radius 3 is 2.96 bits per heavy atom. The lowest BCUT2D eigenvalue weighted by Crippen LogP contribution is -2.52. The summed E-state index contributed by atoms with van der Waals surface area (Å²) in [6.45, 7) is 2.95. The molecule has 24 heavy (non-hydrogen) atoms. The summed E-state index contributed by atoms with van der Waals surface area (Å²) in [6.07, 6.45) is 1.83. The van der Waals surface area contributed by atoms with E-state index in [9.17, 15) is 9.59 Å². The number of carbonyl (C=O) groups is 2. The summed E-state index contributed by atoms with van der Waals surface area (Å²) in [7, 11) is 0. The van der Waals surface area contributed by atoms with Crippen molar-refractivity contribution in [2.75, 3.05) is 32.7 Å². The number of benzene rings is 1. The van der Waals surface area contributed by atoms with Crippen LogP contribution in [0.1, 0.15) is 24.4 Å². The SMILES string of the molecule is O=C(NCC(=O)N1CCNCC1c1cccc(Cl)c1)C1CCCN1. The van der Waals surface area contributed by atoms with Crippen LogP contribution in [0.25, 0.3) is 0 Å². The molecule has 2 atom stereocenters. The van der Waals surface area contributed by atoms with Gasteiger partial charge in [0.25, 0.3) is 0 Å². The Morgan fingerprint density at radius 2 is 2.21 bits per heavy atom. The van der Waals surface area contributed by atoms with Crippen molar-refractivity contribution in [1.29, 1.82) is 0 Å². The van der Waals surface area contributed by atoms with Gasteiger partial charge in [-0.3, -0.25) is 9.59 Å². The molecular formula is C17H23ClN4O2. The van der Waals surface area contributed by atoms with Crippen molar-refractivity contribution in [2.24, 2.45) is 0 Å². The van der Waals surface area contributed by atoms with Gasteiger partial charge in [-0.15, -0.1) is 0 Å². The molecule has 2 heterocycles. The molecule has 2 fully saturated rings. The van der Waals surface area contributed by atoms with Crippen LogP contribution in [0, 0.1) is 0 Å². The Hall–Kier alpha value is -1.63. The number of hydrogen-bond donors (Lipinski definition) is 3. The van der Waals surface area contributed by atoms with Gasteiger partial charge in [0.15, 0.2) is 0 Å². The third kappa shape index (κ3) is 4.06. The lowest BCUT2D eigenvalue weighted by atomic mass is 10.0. The molecule has 130 valence electrons. The number of nitrogens with zero attached hydrogens (tertiary/aromatic N) is 1.